The molecule has 0 aliphatic rings. The number of rotatable bonds is 6. The van der Waals surface area contributed by atoms with Crippen LogP contribution in [0, 0.1) is 6.92 Å². The van der Waals surface area contributed by atoms with Gasteiger partial charge in [0.25, 0.3) is 5.56 Å². The highest BCUT2D eigenvalue weighted by atomic mass is 35.5. The highest BCUT2D eigenvalue weighted by Gasteiger charge is 2.17. The summed E-state index contributed by atoms with van der Waals surface area (Å²) < 4.78 is 1.54. The molecule has 1 N–H and O–H groups in total. The Bertz CT molecular complexity index is 1380. The third kappa shape index (κ3) is 4.97. The molecule has 0 unspecified atom stereocenters. The highest BCUT2D eigenvalue weighted by molar-refractivity contribution is 7.99. The average molecular weight is 478 g/mol. The first kappa shape index (κ1) is 23.1. The van der Waals surface area contributed by atoms with Crippen LogP contribution in [0.5, 0.6) is 0 Å². The van der Waals surface area contributed by atoms with Crippen molar-refractivity contribution in [1.29, 1.82) is 0 Å². The second-order valence-corrected chi connectivity index (χ2v) is 9.40. The summed E-state index contributed by atoms with van der Waals surface area (Å²) in [6.07, 6.45) is 0. The van der Waals surface area contributed by atoms with Crippen LogP contribution in [0.4, 0.5) is 5.69 Å². The van der Waals surface area contributed by atoms with Gasteiger partial charge in [-0.2, -0.15) is 0 Å². The monoisotopic (exact) mass is 477 g/mol. The predicted octanol–water partition coefficient (Wildman–Crippen LogP) is 6.20. The lowest BCUT2D eigenvalue weighted by molar-refractivity contribution is -0.113. The van der Waals surface area contributed by atoms with Crippen molar-refractivity contribution in [2.45, 2.75) is 31.8 Å². The van der Waals surface area contributed by atoms with Gasteiger partial charge in [0.15, 0.2) is 5.16 Å². The number of para-hydroxylation sites is 1. The van der Waals surface area contributed by atoms with E-state index in [1.807, 2.05) is 49.4 Å². The number of hydrogen-bond acceptors (Lipinski definition) is 4. The molecule has 0 spiro atoms. The number of nitrogens with zero attached hydrogens (tertiary/aromatic N) is 2. The molecule has 1 amide bonds. The molecule has 0 bridgehead atoms. The summed E-state index contributed by atoms with van der Waals surface area (Å²) in [7, 11) is 0. The van der Waals surface area contributed by atoms with Crippen molar-refractivity contribution in [1.82, 2.24) is 9.55 Å². The summed E-state index contributed by atoms with van der Waals surface area (Å²) in [5, 5.41) is 4.42. The minimum absolute atomic E-state index is 0.107. The first-order valence-electron chi connectivity index (χ1n) is 10.6. The SMILES string of the molecule is Cc1c(Cl)cccc1-n1c(SCC(=O)Nc2ccc(C(C)C)cc2)nc2ccccc2c1=O. The third-order valence-corrected chi connectivity index (χ3v) is 6.77. The summed E-state index contributed by atoms with van der Waals surface area (Å²) in [5.41, 5.74) is 3.76. The predicted molar refractivity (Wildman–Crippen MR) is 137 cm³/mol. The maximum Gasteiger partial charge on any atom is 0.266 e. The van der Waals surface area contributed by atoms with Crippen LogP contribution in [0.25, 0.3) is 16.6 Å². The van der Waals surface area contributed by atoms with E-state index in [2.05, 4.69) is 19.2 Å². The molecule has 7 heteroatoms. The normalized spacial score (nSPS) is 11.2. The largest absolute Gasteiger partial charge is 0.325 e. The fourth-order valence-electron chi connectivity index (χ4n) is 3.54. The molecule has 0 aliphatic heterocycles. The van der Waals surface area contributed by atoms with Gasteiger partial charge in [-0.05, 0) is 60.4 Å². The zero-order valence-corrected chi connectivity index (χ0v) is 20.2. The van der Waals surface area contributed by atoms with E-state index in [-0.39, 0.29) is 17.2 Å². The summed E-state index contributed by atoms with van der Waals surface area (Å²) >= 11 is 7.55. The summed E-state index contributed by atoms with van der Waals surface area (Å²) in [6, 6.07) is 20.4. The van der Waals surface area contributed by atoms with Crippen LogP contribution in [-0.2, 0) is 4.79 Å². The first-order valence-corrected chi connectivity index (χ1v) is 12.0. The average Bonchev–Trinajstić information content (AvgIpc) is 2.80. The van der Waals surface area contributed by atoms with Gasteiger partial charge in [0, 0.05) is 10.7 Å². The summed E-state index contributed by atoms with van der Waals surface area (Å²) in [6.45, 7) is 6.12. The molecule has 33 heavy (non-hydrogen) atoms. The van der Waals surface area contributed by atoms with Crippen molar-refractivity contribution in [3.05, 3.63) is 93.2 Å². The number of fused-ring (bicyclic) bond motifs is 1. The Morgan fingerprint density at radius 3 is 2.52 bits per heavy atom. The van der Waals surface area contributed by atoms with Gasteiger partial charge >= 0.3 is 0 Å². The fraction of sp³-hybridized carbons (Fsp3) is 0.192. The zero-order chi connectivity index (χ0) is 23.5. The van der Waals surface area contributed by atoms with Gasteiger partial charge in [-0.15, -0.1) is 0 Å². The van der Waals surface area contributed by atoms with Gasteiger partial charge in [-0.1, -0.05) is 67.5 Å². The maximum atomic E-state index is 13.4. The number of nitrogens with one attached hydrogen (secondary N) is 1. The maximum absolute atomic E-state index is 13.4. The molecule has 0 atom stereocenters. The van der Waals surface area contributed by atoms with Crippen molar-refractivity contribution in [2.75, 3.05) is 11.1 Å². The van der Waals surface area contributed by atoms with E-state index in [1.165, 1.54) is 17.3 Å². The van der Waals surface area contributed by atoms with Crippen molar-refractivity contribution < 1.29 is 4.79 Å². The number of aromatic nitrogens is 2. The number of thioether (sulfide) groups is 1. The number of carbonyl (C=O) groups excluding carboxylic acids is 1. The Balaban J connectivity index is 1.65. The fourth-order valence-corrected chi connectivity index (χ4v) is 4.51. The third-order valence-electron chi connectivity index (χ3n) is 5.42. The van der Waals surface area contributed by atoms with Gasteiger partial charge in [-0.25, -0.2) is 4.98 Å². The molecule has 5 nitrogen and oxygen atoms in total. The van der Waals surface area contributed by atoms with Crippen LogP contribution in [0.2, 0.25) is 5.02 Å². The molecule has 0 saturated carbocycles. The van der Waals surface area contributed by atoms with E-state index in [9.17, 15) is 9.59 Å². The van der Waals surface area contributed by atoms with Crippen molar-refractivity contribution in [3.63, 3.8) is 0 Å². The Hall–Kier alpha value is -3.09. The second kappa shape index (κ2) is 9.81. The minimum Gasteiger partial charge on any atom is -0.325 e. The molecule has 0 saturated heterocycles. The molecule has 3 aromatic carbocycles. The van der Waals surface area contributed by atoms with E-state index < -0.39 is 0 Å². The second-order valence-electron chi connectivity index (χ2n) is 8.05. The van der Waals surface area contributed by atoms with E-state index in [4.69, 9.17) is 16.6 Å². The number of carbonyl (C=O) groups is 1. The Morgan fingerprint density at radius 2 is 1.79 bits per heavy atom. The van der Waals surface area contributed by atoms with Gasteiger partial charge in [0.2, 0.25) is 5.91 Å². The van der Waals surface area contributed by atoms with Crippen LogP contribution < -0.4 is 10.9 Å². The highest BCUT2D eigenvalue weighted by Crippen LogP contribution is 2.27. The Labute approximate surface area is 201 Å². The quantitative estimate of drug-likeness (QED) is 0.265. The van der Waals surface area contributed by atoms with E-state index >= 15 is 0 Å². The molecule has 0 aliphatic carbocycles. The summed E-state index contributed by atoms with van der Waals surface area (Å²) in [5.74, 6) is 0.362. The Morgan fingerprint density at radius 1 is 1.06 bits per heavy atom. The van der Waals surface area contributed by atoms with Crippen molar-refractivity contribution >= 4 is 45.9 Å². The van der Waals surface area contributed by atoms with Crippen LogP contribution in [0.3, 0.4) is 0 Å². The molecule has 4 rings (SSSR count). The molecule has 1 heterocycles. The number of benzene rings is 3. The smallest absolute Gasteiger partial charge is 0.266 e. The molecule has 0 radical (unpaired) electrons. The molecule has 4 aromatic rings. The summed E-state index contributed by atoms with van der Waals surface area (Å²) in [4.78, 5) is 30.8. The van der Waals surface area contributed by atoms with Gasteiger partial charge in [0.05, 0.1) is 22.3 Å². The number of hydrogen-bond donors (Lipinski definition) is 1. The van der Waals surface area contributed by atoms with E-state index in [1.54, 1.807) is 28.8 Å². The molecular weight excluding hydrogens is 454 g/mol. The van der Waals surface area contributed by atoms with Crippen LogP contribution in [0.1, 0.15) is 30.9 Å². The lowest BCUT2D eigenvalue weighted by atomic mass is 10.0. The van der Waals surface area contributed by atoms with Crippen LogP contribution >= 0.6 is 23.4 Å². The molecule has 1 aromatic heterocycles. The van der Waals surface area contributed by atoms with Crippen molar-refractivity contribution in [3.8, 4) is 5.69 Å². The standard InChI is InChI=1S/C26H24ClN3O2S/c1-16(2)18-11-13-19(14-12-18)28-24(31)15-33-26-29-22-9-5-4-7-20(22)25(32)30(26)23-10-6-8-21(27)17(23)3/h4-14,16H,15H2,1-3H3,(H,28,31). The molecule has 168 valence electrons. The zero-order valence-electron chi connectivity index (χ0n) is 18.6. The van der Waals surface area contributed by atoms with Gasteiger partial charge < -0.3 is 5.32 Å². The number of halogens is 1. The van der Waals surface area contributed by atoms with E-state index in [0.29, 0.717) is 32.7 Å². The van der Waals surface area contributed by atoms with Crippen LogP contribution in [-0.4, -0.2) is 21.2 Å². The number of amides is 1. The number of anilines is 1. The van der Waals surface area contributed by atoms with Crippen molar-refractivity contribution in [2.24, 2.45) is 0 Å². The Kier molecular flexibility index (Phi) is 6.86. The topological polar surface area (TPSA) is 64.0 Å². The molecule has 0 fully saturated rings. The lowest BCUT2D eigenvalue weighted by Gasteiger charge is -2.16. The van der Waals surface area contributed by atoms with Gasteiger partial charge in [-0.3, -0.25) is 14.2 Å². The first-order chi connectivity index (χ1) is 15.8. The van der Waals surface area contributed by atoms with Crippen LogP contribution in [0.15, 0.2) is 76.7 Å². The minimum atomic E-state index is -0.196. The van der Waals surface area contributed by atoms with Gasteiger partial charge in [0.1, 0.15) is 0 Å². The molecular formula is C26H24ClN3O2S. The lowest BCUT2D eigenvalue weighted by Crippen LogP contribution is -2.23. The van der Waals surface area contributed by atoms with E-state index in [0.717, 1.165) is 11.3 Å².